The van der Waals surface area contributed by atoms with Gasteiger partial charge >= 0.3 is 6.09 Å². The molecule has 3 rings (SSSR count). The van der Waals surface area contributed by atoms with E-state index in [4.69, 9.17) is 16.7 Å². The summed E-state index contributed by atoms with van der Waals surface area (Å²) in [6, 6.07) is 15.3. The van der Waals surface area contributed by atoms with Crippen LogP contribution < -0.4 is 5.32 Å². The number of nitrogens with zero attached hydrogens (tertiary/aromatic N) is 1. The molecule has 0 spiro atoms. The molecule has 1 atom stereocenters. The van der Waals surface area contributed by atoms with E-state index in [1.165, 1.54) is 0 Å². The highest BCUT2D eigenvalue weighted by atomic mass is 35.5. The smallest absolute Gasteiger partial charge is 0.411 e. The van der Waals surface area contributed by atoms with Crippen molar-refractivity contribution in [3.05, 3.63) is 59.7 Å². The number of alkyl halides is 1. The van der Waals surface area contributed by atoms with Gasteiger partial charge in [-0.3, -0.25) is 5.32 Å². The number of aromatic amines is 1. The largest absolute Gasteiger partial charge is 0.465 e. The van der Waals surface area contributed by atoms with Gasteiger partial charge in [-0.2, -0.15) is 0 Å². The molecule has 0 radical (unpaired) electrons. The second kappa shape index (κ2) is 5.46. The Morgan fingerprint density at radius 3 is 2.67 bits per heavy atom. The van der Waals surface area contributed by atoms with Crippen molar-refractivity contribution in [2.45, 2.75) is 5.38 Å². The predicted molar refractivity (Wildman–Crippen MR) is 81.9 cm³/mol. The summed E-state index contributed by atoms with van der Waals surface area (Å²) in [4.78, 5) is 17.7. The maximum atomic E-state index is 10.6. The van der Waals surface area contributed by atoms with Crippen molar-refractivity contribution in [3.63, 3.8) is 0 Å². The zero-order valence-electron chi connectivity index (χ0n) is 10.9. The highest BCUT2D eigenvalue weighted by Gasteiger charge is 2.12. The van der Waals surface area contributed by atoms with E-state index >= 15 is 0 Å². The average Bonchev–Trinajstić information content (AvgIpc) is 2.87. The average molecular weight is 302 g/mol. The van der Waals surface area contributed by atoms with Crippen LogP contribution in [-0.2, 0) is 0 Å². The molecule has 0 aliphatic carbocycles. The van der Waals surface area contributed by atoms with Crippen molar-refractivity contribution in [2.24, 2.45) is 0 Å². The maximum absolute atomic E-state index is 10.6. The molecule has 0 fully saturated rings. The van der Waals surface area contributed by atoms with E-state index in [-0.39, 0.29) is 11.3 Å². The lowest BCUT2D eigenvalue weighted by atomic mass is 10.0. The van der Waals surface area contributed by atoms with Gasteiger partial charge in [0, 0.05) is 0 Å². The maximum Gasteiger partial charge on any atom is 0.411 e. The molecular weight excluding hydrogens is 290 g/mol. The lowest BCUT2D eigenvalue weighted by Gasteiger charge is -2.09. The van der Waals surface area contributed by atoms with Gasteiger partial charge in [-0.15, -0.1) is 11.6 Å². The molecule has 1 unspecified atom stereocenters. The Balaban J connectivity index is 1.95. The molecule has 5 nitrogen and oxygen atoms in total. The van der Waals surface area contributed by atoms with Crippen molar-refractivity contribution < 1.29 is 9.90 Å². The first-order valence-corrected chi connectivity index (χ1v) is 6.76. The lowest BCUT2D eigenvalue weighted by Crippen LogP contribution is -2.08. The highest BCUT2D eigenvalue weighted by Crippen LogP contribution is 2.30. The van der Waals surface area contributed by atoms with Crippen LogP contribution in [0.2, 0.25) is 0 Å². The number of fused-ring (bicyclic) bond motifs is 1. The van der Waals surface area contributed by atoms with E-state index in [1.807, 2.05) is 48.5 Å². The number of halogens is 1. The van der Waals surface area contributed by atoms with Gasteiger partial charge in [-0.05, 0) is 23.3 Å². The van der Waals surface area contributed by atoms with Gasteiger partial charge in [-0.25, -0.2) is 9.78 Å². The Morgan fingerprint density at radius 2 is 1.95 bits per heavy atom. The third-order valence-corrected chi connectivity index (χ3v) is 3.62. The van der Waals surface area contributed by atoms with Gasteiger partial charge in [0.1, 0.15) is 0 Å². The van der Waals surface area contributed by atoms with Crippen molar-refractivity contribution in [2.75, 3.05) is 5.32 Å². The fourth-order valence-corrected chi connectivity index (χ4v) is 2.44. The predicted octanol–water partition coefficient (Wildman–Crippen LogP) is 3.98. The molecule has 2 aromatic carbocycles. The summed E-state index contributed by atoms with van der Waals surface area (Å²) in [7, 11) is 0. The molecule has 3 N–H and O–H groups in total. The number of carboxylic acid groups (broad SMARTS) is 1. The van der Waals surface area contributed by atoms with Crippen LogP contribution in [0.3, 0.4) is 0 Å². The van der Waals surface area contributed by atoms with E-state index in [9.17, 15) is 4.79 Å². The number of nitrogens with one attached hydrogen (secondary N) is 2. The van der Waals surface area contributed by atoms with Gasteiger partial charge in [-0.1, -0.05) is 36.4 Å². The first kappa shape index (κ1) is 13.5. The summed E-state index contributed by atoms with van der Waals surface area (Å²) < 4.78 is 0. The van der Waals surface area contributed by atoms with E-state index in [1.54, 1.807) is 0 Å². The Kier molecular flexibility index (Phi) is 3.50. The molecular formula is C15H12ClN3O2. The summed E-state index contributed by atoms with van der Waals surface area (Å²) in [6.07, 6.45) is -1.16. The number of H-pyrrole nitrogens is 1. The van der Waals surface area contributed by atoms with Crippen LogP contribution in [0.1, 0.15) is 16.5 Å². The molecule has 1 aromatic heterocycles. The molecule has 21 heavy (non-hydrogen) atoms. The van der Waals surface area contributed by atoms with Crippen LogP contribution in [0.5, 0.6) is 0 Å². The monoisotopic (exact) mass is 301 g/mol. The molecule has 1 amide bonds. The van der Waals surface area contributed by atoms with Crippen molar-refractivity contribution in [1.82, 2.24) is 9.97 Å². The molecule has 3 aromatic rings. The number of amides is 1. The van der Waals surface area contributed by atoms with E-state index in [0.717, 1.165) is 16.6 Å². The van der Waals surface area contributed by atoms with E-state index in [2.05, 4.69) is 15.3 Å². The minimum atomic E-state index is -1.16. The number of rotatable bonds is 3. The summed E-state index contributed by atoms with van der Waals surface area (Å²) in [5.74, 6) is 0.195. The van der Waals surface area contributed by atoms with Gasteiger partial charge in [0.25, 0.3) is 0 Å². The molecule has 1 heterocycles. The summed E-state index contributed by atoms with van der Waals surface area (Å²) >= 11 is 6.48. The zero-order chi connectivity index (χ0) is 14.8. The minimum absolute atomic E-state index is 0.195. The summed E-state index contributed by atoms with van der Waals surface area (Å²) in [5, 5.41) is 10.6. The Labute approximate surface area is 125 Å². The number of aromatic nitrogens is 2. The molecule has 0 aliphatic rings. The van der Waals surface area contributed by atoms with Crippen LogP contribution in [-0.4, -0.2) is 21.2 Å². The number of hydrogen-bond acceptors (Lipinski definition) is 2. The first-order valence-electron chi connectivity index (χ1n) is 6.32. The number of imidazole rings is 1. The fourth-order valence-electron chi connectivity index (χ4n) is 2.16. The Morgan fingerprint density at radius 1 is 1.19 bits per heavy atom. The molecule has 0 saturated heterocycles. The van der Waals surface area contributed by atoms with Gasteiger partial charge in [0.2, 0.25) is 5.95 Å². The zero-order valence-corrected chi connectivity index (χ0v) is 11.6. The number of benzene rings is 2. The van der Waals surface area contributed by atoms with E-state index in [0.29, 0.717) is 5.52 Å². The number of anilines is 1. The van der Waals surface area contributed by atoms with Crippen molar-refractivity contribution in [1.29, 1.82) is 0 Å². The third-order valence-electron chi connectivity index (χ3n) is 3.12. The van der Waals surface area contributed by atoms with Gasteiger partial charge in [0.05, 0.1) is 16.4 Å². The molecule has 0 saturated carbocycles. The molecule has 106 valence electrons. The second-order valence-electron chi connectivity index (χ2n) is 4.57. The SMILES string of the molecule is O=C(O)Nc1nc2ccc(C(Cl)c3ccccc3)cc2[nH]1. The Bertz CT molecular complexity index is 786. The van der Waals surface area contributed by atoms with Gasteiger partial charge in [0.15, 0.2) is 0 Å². The third kappa shape index (κ3) is 2.83. The molecule has 0 bridgehead atoms. The Hall–Kier alpha value is -2.53. The standard InChI is InChI=1S/C15H12ClN3O2/c16-13(9-4-2-1-3-5-9)10-6-7-11-12(8-10)18-14(17-11)19-15(20)21/h1-8,13H,(H,20,21)(H2,17,18,19). The molecule has 6 heteroatoms. The van der Waals surface area contributed by atoms with Crippen LogP contribution >= 0.6 is 11.6 Å². The normalized spacial score (nSPS) is 12.2. The van der Waals surface area contributed by atoms with Crippen LogP contribution in [0.4, 0.5) is 10.7 Å². The van der Waals surface area contributed by atoms with Gasteiger partial charge < -0.3 is 10.1 Å². The van der Waals surface area contributed by atoms with Crippen LogP contribution in [0, 0.1) is 0 Å². The summed E-state index contributed by atoms with van der Waals surface area (Å²) in [5.41, 5.74) is 3.33. The quantitative estimate of drug-likeness (QED) is 0.640. The fraction of sp³-hybridized carbons (Fsp3) is 0.0667. The van der Waals surface area contributed by atoms with E-state index < -0.39 is 6.09 Å². The van der Waals surface area contributed by atoms with Crippen molar-refractivity contribution >= 4 is 34.7 Å². The topological polar surface area (TPSA) is 78.0 Å². The summed E-state index contributed by atoms with van der Waals surface area (Å²) in [6.45, 7) is 0. The van der Waals surface area contributed by atoms with Crippen LogP contribution in [0.25, 0.3) is 11.0 Å². The minimum Gasteiger partial charge on any atom is -0.465 e. The second-order valence-corrected chi connectivity index (χ2v) is 5.00. The molecule has 0 aliphatic heterocycles. The first-order chi connectivity index (χ1) is 10.1. The van der Waals surface area contributed by atoms with Crippen molar-refractivity contribution in [3.8, 4) is 0 Å². The highest BCUT2D eigenvalue weighted by molar-refractivity contribution is 6.22. The number of hydrogen-bond donors (Lipinski definition) is 3. The number of carbonyl (C=O) groups is 1. The lowest BCUT2D eigenvalue weighted by molar-refractivity contribution is 0.209. The van der Waals surface area contributed by atoms with Crippen LogP contribution in [0.15, 0.2) is 48.5 Å².